The fourth-order valence-electron chi connectivity index (χ4n) is 4.54. The second-order valence-electron chi connectivity index (χ2n) is 9.23. The molecule has 1 unspecified atom stereocenters. The number of hydrogen-bond donors (Lipinski definition) is 1. The summed E-state index contributed by atoms with van der Waals surface area (Å²) in [7, 11) is -2.00. The van der Waals surface area contributed by atoms with Crippen LogP contribution < -0.4 is 10.1 Å². The van der Waals surface area contributed by atoms with Gasteiger partial charge >= 0.3 is 0 Å². The summed E-state index contributed by atoms with van der Waals surface area (Å²) in [5.74, 6) is 2.10. The van der Waals surface area contributed by atoms with Crippen molar-refractivity contribution in [3.05, 3.63) is 84.2 Å². The standard InChI is InChI=1S/C28H31N5O3S/c1-20-8-10-22(11-9-20)29-28-25-6-4-5-7-26(25)30-27(31-28)21(2)32-16-18-33(19-17-32)37(34,35)24-14-12-23(36-3)13-15-24/h4-15,21H,16-19H2,1-3H3,(H,29,30,31). The molecule has 1 aromatic heterocycles. The largest absolute Gasteiger partial charge is 0.497 e. The maximum Gasteiger partial charge on any atom is 0.243 e. The molecule has 2 heterocycles. The van der Waals surface area contributed by atoms with Crippen LogP contribution in [0.5, 0.6) is 5.75 Å². The van der Waals surface area contributed by atoms with Crippen molar-refractivity contribution >= 4 is 32.4 Å². The molecular weight excluding hydrogens is 486 g/mol. The van der Waals surface area contributed by atoms with Crippen LogP contribution in [-0.4, -0.2) is 60.9 Å². The minimum Gasteiger partial charge on any atom is -0.497 e. The summed E-state index contributed by atoms with van der Waals surface area (Å²) in [4.78, 5) is 12.3. The Kier molecular flexibility index (Phi) is 7.10. The van der Waals surface area contributed by atoms with Gasteiger partial charge in [-0.1, -0.05) is 29.8 Å². The molecule has 1 aliphatic heterocycles. The third-order valence-electron chi connectivity index (χ3n) is 6.83. The molecule has 0 radical (unpaired) electrons. The average molecular weight is 518 g/mol. The van der Waals surface area contributed by atoms with Crippen molar-refractivity contribution in [2.75, 3.05) is 38.6 Å². The van der Waals surface area contributed by atoms with Gasteiger partial charge in [-0.3, -0.25) is 4.90 Å². The van der Waals surface area contributed by atoms with E-state index in [2.05, 4.69) is 36.2 Å². The summed E-state index contributed by atoms with van der Waals surface area (Å²) in [6.07, 6.45) is 0. The number of rotatable bonds is 7. The van der Waals surface area contributed by atoms with Crippen LogP contribution in [-0.2, 0) is 10.0 Å². The summed E-state index contributed by atoms with van der Waals surface area (Å²) in [5, 5.41) is 4.41. The topological polar surface area (TPSA) is 87.7 Å². The first kappa shape index (κ1) is 25.1. The minimum atomic E-state index is -3.56. The van der Waals surface area contributed by atoms with Crippen molar-refractivity contribution in [2.45, 2.75) is 24.8 Å². The molecule has 3 aromatic carbocycles. The molecule has 1 N–H and O–H groups in total. The third kappa shape index (κ3) is 5.29. The number of para-hydroxylation sites is 1. The van der Waals surface area contributed by atoms with Gasteiger partial charge < -0.3 is 10.1 Å². The number of aromatic nitrogens is 2. The molecule has 0 aliphatic carbocycles. The second kappa shape index (κ2) is 10.5. The Hall–Kier alpha value is -3.53. The first-order chi connectivity index (χ1) is 17.8. The van der Waals surface area contributed by atoms with E-state index >= 15 is 0 Å². The number of fused-ring (bicyclic) bond motifs is 1. The van der Waals surface area contributed by atoms with Gasteiger partial charge in [-0.2, -0.15) is 4.31 Å². The lowest BCUT2D eigenvalue weighted by molar-refractivity contribution is 0.141. The van der Waals surface area contributed by atoms with Gasteiger partial charge in [0.2, 0.25) is 10.0 Å². The molecule has 1 atom stereocenters. The summed E-state index contributed by atoms with van der Waals surface area (Å²) < 4.78 is 33.0. The smallest absolute Gasteiger partial charge is 0.243 e. The first-order valence-corrected chi connectivity index (χ1v) is 13.8. The summed E-state index contributed by atoms with van der Waals surface area (Å²) in [6, 6.07) is 22.6. The maximum atomic E-state index is 13.2. The number of piperazine rings is 1. The monoisotopic (exact) mass is 517 g/mol. The van der Waals surface area contributed by atoms with Gasteiger partial charge in [0, 0.05) is 37.3 Å². The van der Waals surface area contributed by atoms with Crippen molar-refractivity contribution < 1.29 is 13.2 Å². The van der Waals surface area contributed by atoms with Crippen molar-refractivity contribution in [1.29, 1.82) is 0 Å². The average Bonchev–Trinajstić information content (AvgIpc) is 2.94. The Labute approximate surface area is 218 Å². The van der Waals surface area contributed by atoms with Crippen molar-refractivity contribution in [2.24, 2.45) is 0 Å². The minimum absolute atomic E-state index is 0.0750. The SMILES string of the molecule is COc1ccc(S(=O)(=O)N2CCN(C(C)c3nc(Nc4ccc(C)cc4)c4ccccc4n3)CC2)cc1. The molecule has 0 amide bonds. The van der Waals surface area contributed by atoms with E-state index in [1.807, 2.05) is 36.4 Å². The fraction of sp³-hybridized carbons (Fsp3) is 0.286. The molecule has 0 bridgehead atoms. The molecular formula is C28H31N5O3S. The van der Waals surface area contributed by atoms with E-state index in [-0.39, 0.29) is 10.9 Å². The number of anilines is 2. The van der Waals surface area contributed by atoms with E-state index in [0.29, 0.717) is 37.8 Å². The Bertz CT molecular complexity index is 1480. The van der Waals surface area contributed by atoms with Crippen LogP contribution in [0.2, 0.25) is 0 Å². The van der Waals surface area contributed by atoms with Crippen molar-refractivity contribution in [3.63, 3.8) is 0 Å². The highest BCUT2D eigenvalue weighted by Crippen LogP contribution is 2.29. The fourth-order valence-corrected chi connectivity index (χ4v) is 5.96. The summed E-state index contributed by atoms with van der Waals surface area (Å²) in [6.45, 7) is 6.13. The molecule has 0 saturated carbocycles. The predicted molar refractivity (Wildman–Crippen MR) is 146 cm³/mol. The molecule has 1 aliphatic rings. The summed E-state index contributed by atoms with van der Waals surface area (Å²) >= 11 is 0. The van der Waals surface area contributed by atoms with E-state index in [4.69, 9.17) is 14.7 Å². The molecule has 37 heavy (non-hydrogen) atoms. The van der Waals surface area contributed by atoms with Gasteiger partial charge in [0.25, 0.3) is 0 Å². The Morgan fingerprint density at radius 1 is 0.892 bits per heavy atom. The van der Waals surface area contributed by atoms with Crippen molar-refractivity contribution in [3.8, 4) is 5.75 Å². The molecule has 5 rings (SSSR count). The Morgan fingerprint density at radius 2 is 1.57 bits per heavy atom. The van der Waals surface area contributed by atoms with Gasteiger partial charge in [0.15, 0.2) is 0 Å². The van der Waals surface area contributed by atoms with E-state index in [1.165, 1.54) is 5.56 Å². The third-order valence-corrected chi connectivity index (χ3v) is 8.74. The molecule has 1 saturated heterocycles. The van der Waals surface area contributed by atoms with Crippen LogP contribution in [0, 0.1) is 6.92 Å². The first-order valence-electron chi connectivity index (χ1n) is 12.3. The van der Waals surface area contributed by atoms with E-state index in [0.717, 1.165) is 22.4 Å². The van der Waals surface area contributed by atoms with Gasteiger partial charge in [-0.15, -0.1) is 0 Å². The Morgan fingerprint density at radius 3 is 2.24 bits per heavy atom. The van der Waals surface area contributed by atoms with Crippen molar-refractivity contribution in [1.82, 2.24) is 19.2 Å². The zero-order valence-electron chi connectivity index (χ0n) is 21.3. The van der Waals surface area contributed by atoms with Gasteiger partial charge in [-0.25, -0.2) is 18.4 Å². The zero-order valence-corrected chi connectivity index (χ0v) is 22.1. The van der Waals surface area contributed by atoms with E-state index < -0.39 is 10.0 Å². The molecule has 9 heteroatoms. The zero-order chi connectivity index (χ0) is 26.0. The highest BCUT2D eigenvalue weighted by molar-refractivity contribution is 7.89. The number of aryl methyl sites for hydroxylation is 1. The van der Waals surface area contributed by atoms with Crippen LogP contribution >= 0.6 is 0 Å². The molecule has 4 aromatic rings. The van der Waals surface area contributed by atoms with Gasteiger partial charge in [-0.05, 0) is 62.4 Å². The van der Waals surface area contributed by atoms with Crippen LogP contribution in [0.3, 0.4) is 0 Å². The number of sulfonamides is 1. The Balaban J connectivity index is 1.34. The number of ether oxygens (including phenoxy) is 1. The second-order valence-corrected chi connectivity index (χ2v) is 11.2. The number of methoxy groups -OCH3 is 1. The normalized spacial score (nSPS) is 16.0. The highest BCUT2D eigenvalue weighted by atomic mass is 32.2. The predicted octanol–water partition coefficient (Wildman–Crippen LogP) is 4.76. The molecule has 0 spiro atoms. The van der Waals surface area contributed by atoms with E-state index in [9.17, 15) is 8.42 Å². The van der Waals surface area contributed by atoms with Crippen LogP contribution in [0.4, 0.5) is 11.5 Å². The molecule has 192 valence electrons. The number of nitrogens with zero attached hydrogens (tertiary/aromatic N) is 4. The highest BCUT2D eigenvalue weighted by Gasteiger charge is 2.31. The lowest BCUT2D eigenvalue weighted by atomic mass is 10.2. The molecule has 8 nitrogen and oxygen atoms in total. The maximum absolute atomic E-state index is 13.2. The lowest BCUT2D eigenvalue weighted by Gasteiger charge is -2.36. The number of hydrogen-bond acceptors (Lipinski definition) is 7. The number of benzene rings is 3. The quantitative estimate of drug-likeness (QED) is 0.378. The van der Waals surface area contributed by atoms with Crippen LogP contribution in [0.1, 0.15) is 24.4 Å². The lowest BCUT2D eigenvalue weighted by Crippen LogP contribution is -2.49. The van der Waals surface area contributed by atoms with Crippen LogP contribution in [0.15, 0.2) is 77.7 Å². The van der Waals surface area contributed by atoms with E-state index in [1.54, 1.807) is 35.7 Å². The van der Waals surface area contributed by atoms with Gasteiger partial charge in [0.05, 0.1) is 23.6 Å². The molecule has 1 fully saturated rings. The summed E-state index contributed by atoms with van der Waals surface area (Å²) in [5.41, 5.74) is 3.03. The number of nitrogens with one attached hydrogen (secondary N) is 1. The van der Waals surface area contributed by atoms with Gasteiger partial charge in [0.1, 0.15) is 17.4 Å². The van der Waals surface area contributed by atoms with Crippen LogP contribution in [0.25, 0.3) is 10.9 Å².